The molecule has 2 unspecified atom stereocenters. The van der Waals surface area contributed by atoms with Gasteiger partial charge in [-0.25, -0.2) is 9.37 Å². The predicted molar refractivity (Wildman–Crippen MR) is 81.7 cm³/mol. The van der Waals surface area contributed by atoms with E-state index in [0.29, 0.717) is 5.52 Å². The van der Waals surface area contributed by atoms with Crippen LogP contribution in [0, 0.1) is 5.82 Å². The van der Waals surface area contributed by atoms with Gasteiger partial charge in [0, 0.05) is 6.04 Å². The van der Waals surface area contributed by atoms with Crippen molar-refractivity contribution in [2.75, 3.05) is 12.0 Å². The van der Waals surface area contributed by atoms with Crippen molar-refractivity contribution in [2.45, 2.75) is 31.7 Å². The zero-order chi connectivity index (χ0) is 14.0. The van der Waals surface area contributed by atoms with Gasteiger partial charge in [-0.2, -0.15) is 11.8 Å². The molecule has 0 saturated carbocycles. The summed E-state index contributed by atoms with van der Waals surface area (Å²) in [6.45, 7) is 4.00. The quantitative estimate of drug-likeness (QED) is 0.739. The van der Waals surface area contributed by atoms with E-state index >= 15 is 0 Å². The highest BCUT2D eigenvalue weighted by atomic mass is 35.5. The van der Waals surface area contributed by atoms with Crippen molar-refractivity contribution < 1.29 is 4.39 Å². The summed E-state index contributed by atoms with van der Waals surface area (Å²) in [6, 6.07) is 5.33. The molecule has 19 heavy (non-hydrogen) atoms. The van der Waals surface area contributed by atoms with E-state index in [9.17, 15) is 4.39 Å². The maximum absolute atomic E-state index is 13.8. The van der Waals surface area contributed by atoms with Crippen molar-refractivity contribution in [3.8, 4) is 0 Å². The molecule has 0 radical (unpaired) electrons. The Morgan fingerprint density at radius 3 is 2.79 bits per heavy atom. The van der Waals surface area contributed by atoms with Crippen molar-refractivity contribution in [2.24, 2.45) is 0 Å². The van der Waals surface area contributed by atoms with Crippen molar-refractivity contribution in [3.05, 3.63) is 29.8 Å². The van der Waals surface area contributed by atoms with Crippen LogP contribution in [0.15, 0.2) is 18.2 Å². The molecule has 104 valence electrons. The average molecular weight is 301 g/mol. The topological polar surface area (TPSA) is 17.8 Å². The van der Waals surface area contributed by atoms with Crippen molar-refractivity contribution in [1.82, 2.24) is 9.55 Å². The van der Waals surface area contributed by atoms with Gasteiger partial charge in [0.05, 0.1) is 10.9 Å². The van der Waals surface area contributed by atoms with Crippen molar-refractivity contribution in [1.29, 1.82) is 0 Å². The molecule has 5 heteroatoms. The average Bonchev–Trinajstić information content (AvgIpc) is 2.77. The number of fused-ring (bicyclic) bond motifs is 1. The highest BCUT2D eigenvalue weighted by molar-refractivity contribution is 7.98. The van der Waals surface area contributed by atoms with Crippen molar-refractivity contribution in [3.63, 3.8) is 0 Å². The zero-order valence-electron chi connectivity index (χ0n) is 11.4. The highest BCUT2D eigenvalue weighted by Gasteiger charge is 2.20. The van der Waals surface area contributed by atoms with E-state index in [0.717, 1.165) is 23.5 Å². The molecule has 0 bridgehead atoms. The Bertz CT molecular complexity index is 568. The summed E-state index contributed by atoms with van der Waals surface area (Å²) in [4.78, 5) is 4.39. The fourth-order valence-corrected chi connectivity index (χ4v) is 2.99. The highest BCUT2D eigenvalue weighted by Crippen LogP contribution is 2.30. The van der Waals surface area contributed by atoms with E-state index in [4.69, 9.17) is 11.6 Å². The van der Waals surface area contributed by atoms with Crippen LogP contribution in [0.1, 0.15) is 37.5 Å². The SMILES string of the molecule is CSCCC(C)n1c(C(C)Cl)nc2c(F)cccc21. The first kappa shape index (κ1) is 14.7. The van der Waals surface area contributed by atoms with Gasteiger partial charge in [0.2, 0.25) is 0 Å². The predicted octanol–water partition coefficient (Wildman–Crippen LogP) is 4.79. The molecule has 1 aromatic heterocycles. The molecule has 0 spiro atoms. The normalized spacial score (nSPS) is 14.8. The Hall–Kier alpha value is -0.740. The minimum absolute atomic E-state index is 0.233. The summed E-state index contributed by atoms with van der Waals surface area (Å²) in [5.41, 5.74) is 1.25. The lowest BCUT2D eigenvalue weighted by molar-refractivity contribution is 0.526. The number of nitrogens with zero attached hydrogens (tertiary/aromatic N) is 2. The monoisotopic (exact) mass is 300 g/mol. The molecule has 2 aromatic rings. The number of thioether (sulfide) groups is 1. The van der Waals surface area contributed by atoms with Gasteiger partial charge in [-0.1, -0.05) is 6.07 Å². The first-order valence-electron chi connectivity index (χ1n) is 6.35. The first-order chi connectivity index (χ1) is 9.06. The van der Waals surface area contributed by atoms with E-state index in [1.165, 1.54) is 6.07 Å². The molecule has 0 N–H and O–H groups in total. The van der Waals surface area contributed by atoms with Crippen molar-refractivity contribution >= 4 is 34.4 Å². The summed E-state index contributed by atoms with van der Waals surface area (Å²) in [7, 11) is 0. The maximum atomic E-state index is 13.8. The van der Waals surface area contributed by atoms with E-state index in [-0.39, 0.29) is 17.2 Å². The summed E-state index contributed by atoms with van der Waals surface area (Å²) in [5.74, 6) is 1.52. The van der Waals surface area contributed by atoms with Crippen LogP contribution < -0.4 is 0 Å². The Morgan fingerprint density at radius 2 is 2.16 bits per heavy atom. The first-order valence-corrected chi connectivity index (χ1v) is 8.18. The summed E-state index contributed by atoms with van der Waals surface area (Å²) < 4.78 is 15.9. The number of benzene rings is 1. The van der Waals surface area contributed by atoms with E-state index in [1.54, 1.807) is 6.07 Å². The maximum Gasteiger partial charge on any atom is 0.151 e. The van der Waals surface area contributed by atoms with Crippen LogP contribution in [0.25, 0.3) is 11.0 Å². The van der Waals surface area contributed by atoms with Gasteiger partial charge >= 0.3 is 0 Å². The van der Waals surface area contributed by atoms with E-state index < -0.39 is 0 Å². The third kappa shape index (κ3) is 2.90. The fourth-order valence-electron chi connectivity index (χ4n) is 2.26. The number of aromatic nitrogens is 2. The molecule has 0 aliphatic rings. The van der Waals surface area contributed by atoms with Gasteiger partial charge in [0.1, 0.15) is 11.3 Å². The molecule has 2 nitrogen and oxygen atoms in total. The molecule has 0 amide bonds. The van der Waals surface area contributed by atoms with Gasteiger partial charge in [-0.05, 0) is 44.4 Å². The van der Waals surface area contributed by atoms with Crippen LogP contribution in [0.5, 0.6) is 0 Å². The number of hydrogen-bond donors (Lipinski definition) is 0. The summed E-state index contributed by atoms with van der Waals surface area (Å²) >= 11 is 8.01. The molecule has 2 rings (SSSR count). The smallest absolute Gasteiger partial charge is 0.151 e. The molecular weight excluding hydrogens is 283 g/mol. The second kappa shape index (κ2) is 6.14. The lowest BCUT2D eigenvalue weighted by Crippen LogP contribution is -2.10. The summed E-state index contributed by atoms with van der Waals surface area (Å²) in [5, 5.41) is -0.233. The van der Waals surface area contributed by atoms with Gasteiger partial charge in [-0.15, -0.1) is 11.6 Å². The lowest BCUT2D eigenvalue weighted by atomic mass is 10.2. The molecule has 1 aromatic carbocycles. The number of imidazole rings is 1. The Balaban J connectivity index is 2.55. The molecular formula is C14H18ClFN2S. The number of alkyl halides is 1. The van der Waals surface area contributed by atoms with E-state index in [1.807, 2.05) is 24.8 Å². The number of para-hydroxylation sites is 1. The van der Waals surface area contributed by atoms with Crippen LogP contribution in [0.2, 0.25) is 0 Å². The van der Waals surface area contributed by atoms with Gasteiger partial charge in [0.15, 0.2) is 5.82 Å². The van der Waals surface area contributed by atoms with Crippen LogP contribution >= 0.6 is 23.4 Å². The minimum atomic E-state index is -0.285. The Labute approximate surface area is 122 Å². The number of rotatable bonds is 5. The molecule has 0 fully saturated rings. The third-order valence-electron chi connectivity index (χ3n) is 3.23. The van der Waals surface area contributed by atoms with Gasteiger partial charge in [0.25, 0.3) is 0 Å². The minimum Gasteiger partial charge on any atom is -0.324 e. The van der Waals surface area contributed by atoms with Crippen LogP contribution in [0.4, 0.5) is 4.39 Å². The van der Waals surface area contributed by atoms with E-state index in [2.05, 4.69) is 22.7 Å². The Morgan fingerprint density at radius 1 is 1.42 bits per heavy atom. The molecule has 1 heterocycles. The molecule has 2 atom stereocenters. The fraction of sp³-hybridized carbons (Fsp3) is 0.500. The molecule has 0 aliphatic heterocycles. The largest absolute Gasteiger partial charge is 0.324 e. The summed E-state index contributed by atoms with van der Waals surface area (Å²) in [6.07, 6.45) is 3.10. The van der Waals surface area contributed by atoms with Gasteiger partial charge < -0.3 is 4.57 Å². The Kier molecular flexibility index (Phi) is 4.74. The van der Waals surface area contributed by atoms with Crippen LogP contribution in [-0.4, -0.2) is 21.6 Å². The third-order valence-corrected chi connectivity index (χ3v) is 4.07. The number of halogens is 2. The second-order valence-corrected chi connectivity index (χ2v) is 6.33. The van der Waals surface area contributed by atoms with Crippen LogP contribution in [0.3, 0.4) is 0 Å². The molecule has 0 aliphatic carbocycles. The number of hydrogen-bond acceptors (Lipinski definition) is 2. The van der Waals surface area contributed by atoms with Gasteiger partial charge in [-0.3, -0.25) is 0 Å². The van der Waals surface area contributed by atoms with Crippen LogP contribution in [-0.2, 0) is 0 Å². The zero-order valence-corrected chi connectivity index (χ0v) is 12.9. The second-order valence-electron chi connectivity index (χ2n) is 4.69. The molecule has 0 saturated heterocycles. The standard InChI is InChI=1S/C14H18ClFN2S/c1-9(7-8-19-3)18-12-6-4-5-11(16)13(12)17-14(18)10(2)15/h4-6,9-10H,7-8H2,1-3H3. The lowest BCUT2D eigenvalue weighted by Gasteiger charge is -2.18.